The van der Waals surface area contributed by atoms with E-state index in [0.717, 1.165) is 23.2 Å². The minimum atomic E-state index is 0.734. The Morgan fingerprint density at radius 3 is 2.29 bits per heavy atom. The van der Waals surface area contributed by atoms with Crippen LogP contribution in [0.25, 0.3) is 0 Å². The lowest BCUT2D eigenvalue weighted by atomic mass is 9.47. The second-order valence-electron chi connectivity index (χ2n) is 7.05. The maximum atomic E-state index is 5.10. The predicted octanol–water partition coefficient (Wildman–Crippen LogP) is 4.53. The molecule has 0 aromatic heterocycles. The molecule has 0 N–H and O–H groups in total. The molecule has 3 aliphatic rings. The van der Waals surface area contributed by atoms with E-state index in [1.54, 1.807) is 12.7 Å². The fourth-order valence-electron chi connectivity index (χ4n) is 4.59. The van der Waals surface area contributed by atoms with Crippen LogP contribution in [0.1, 0.15) is 58.3 Å². The lowest BCUT2D eigenvalue weighted by Crippen LogP contribution is -2.47. The monoisotopic (exact) mass is 234 g/mol. The van der Waals surface area contributed by atoms with E-state index in [0.29, 0.717) is 0 Å². The van der Waals surface area contributed by atoms with Crippen LogP contribution in [-0.4, -0.2) is 7.11 Å². The first kappa shape index (κ1) is 11.6. The highest BCUT2D eigenvalue weighted by Crippen LogP contribution is 2.63. The summed E-state index contributed by atoms with van der Waals surface area (Å²) in [6.45, 7) is 2.42. The summed E-state index contributed by atoms with van der Waals surface area (Å²) < 4.78 is 5.10. The van der Waals surface area contributed by atoms with E-state index in [2.05, 4.69) is 6.92 Å². The van der Waals surface area contributed by atoms with Gasteiger partial charge in [-0.15, -0.1) is 0 Å². The molecular weight excluding hydrogens is 208 g/mol. The van der Waals surface area contributed by atoms with Crippen LogP contribution in [-0.2, 0) is 4.74 Å². The molecule has 0 aromatic rings. The van der Waals surface area contributed by atoms with Gasteiger partial charge in [0.25, 0.3) is 0 Å². The average Bonchev–Trinajstić information content (AvgIpc) is 2.21. The van der Waals surface area contributed by atoms with Gasteiger partial charge in [0.05, 0.1) is 13.4 Å². The van der Waals surface area contributed by atoms with Crippen LogP contribution in [0, 0.1) is 23.2 Å². The van der Waals surface area contributed by atoms with E-state index in [-0.39, 0.29) is 0 Å². The lowest BCUT2D eigenvalue weighted by molar-refractivity contribution is -0.0309. The van der Waals surface area contributed by atoms with Gasteiger partial charge in [-0.1, -0.05) is 19.8 Å². The SMILES string of the molecule is COC=C1CC2(C1)CC(C1CCC(C)CC1)C2. The third kappa shape index (κ3) is 2.13. The summed E-state index contributed by atoms with van der Waals surface area (Å²) in [5.74, 6) is 3.15. The third-order valence-electron chi connectivity index (χ3n) is 5.61. The zero-order chi connectivity index (χ0) is 11.9. The quantitative estimate of drug-likeness (QED) is 0.638. The van der Waals surface area contributed by atoms with E-state index in [1.165, 1.54) is 51.4 Å². The molecule has 0 atom stereocenters. The Balaban J connectivity index is 1.45. The molecule has 0 bridgehead atoms. The zero-order valence-corrected chi connectivity index (χ0v) is 11.4. The molecule has 1 spiro atoms. The molecule has 17 heavy (non-hydrogen) atoms. The van der Waals surface area contributed by atoms with E-state index in [9.17, 15) is 0 Å². The maximum absolute atomic E-state index is 5.10. The number of methoxy groups -OCH3 is 1. The van der Waals surface area contributed by atoms with Gasteiger partial charge < -0.3 is 4.74 Å². The van der Waals surface area contributed by atoms with Gasteiger partial charge in [-0.05, 0) is 67.3 Å². The molecular formula is C16H26O. The van der Waals surface area contributed by atoms with Crippen molar-refractivity contribution in [3.05, 3.63) is 11.8 Å². The van der Waals surface area contributed by atoms with E-state index < -0.39 is 0 Å². The van der Waals surface area contributed by atoms with Gasteiger partial charge in [0, 0.05) is 0 Å². The highest BCUT2D eigenvalue weighted by molar-refractivity contribution is 5.21. The molecule has 0 radical (unpaired) electrons. The number of ether oxygens (including phenoxy) is 1. The molecule has 0 aliphatic heterocycles. The van der Waals surface area contributed by atoms with Crippen molar-refractivity contribution in [3.63, 3.8) is 0 Å². The maximum Gasteiger partial charge on any atom is 0.0816 e. The first-order chi connectivity index (χ1) is 8.21. The van der Waals surface area contributed by atoms with Gasteiger partial charge in [-0.3, -0.25) is 0 Å². The molecule has 0 saturated heterocycles. The Labute approximate surface area is 106 Å². The van der Waals surface area contributed by atoms with Crippen LogP contribution in [0.4, 0.5) is 0 Å². The first-order valence-electron chi connectivity index (χ1n) is 7.41. The minimum Gasteiger partial charge on any atom is -0.504 e. The van der Waals surface area contributed by atoms with Crippen LogP contribution in [0.15, 0.2) is 11.8 Å². The van der Waals surface area contributed by atoms with Gasteiger partial charge in [0.1, 0.15) is 0 Å². The van der Waals surface area contributed by atoms with E-state index in [1.807, 2.05) is 6.26 Å². The summed E-state index contributed by atoms with van der Waals surface area (Å²) in [6.07, 6.45) is 13.7. The first-order valence-corrected chi connectivity index (χ1v) is 7.41. The van der Waals surface area contributed by atoms with Crippen molar-refractivity contribution in [1.82, 2.24) is 0 Å². The highest BCUT2D eigenvalue weighted by Gasteiger charge is 2.52. The lowest BCUT2D eigenvalue weighted by Gasteiger charge is -2.58. The molecule has 1 heteroatoms. The van der Waals surface area contributed by atoms with Crippen molar-refractivity contribution in [2.45, 2.75) is 58.3 Å². The third-order valence-corrected chi connectivity index (χ3v) is 5.61. The van der Waals surface area contributed by atoms with Crippen LogP contribution < -0.4 is 0 Å². The summed E-state index contributed by atoms with van der Waals surface area (Å²) in [4.78, 5) is 0. The van der Waals surface area contributed by atoms with Gasteiger partial charge in [0.2, 0.25) is 0 Å². The Kier molecular flexibility index (Phi) is 2.96. The molecule has 0 aromatic carbocycles. The Morgan fingerprint density at radius 1 is 1.06 bits per heavy atom. The van der Waals surface area contributed by atoms with Crippen molar-refractivity contribution in [2.24, 2.45) is 23.2 Å². The van der Waals surface area contributed by atoms with Crippen molar-refractivity contribution in [3.8, 4) is 0 Å². The summed E-state index contributed by atoms with van der Waals surface area (Å²) >= 11 is 0. The average molecular weight is 234 g/mol. The molecule has 96 valence electrons. The van der Waals surface area contributed by atoms with Gasteiger partial charge in [0.15, 0.2) is 0 Å². The highest BCUT2D eigenvalue weighted by atomic mass is 16.5. The smallest absolute Gasteiger partial charge is 0.0816 e. The predicted molar refractivity (Wildman–Crippen MR) is 70.6 cm³/mol. The van der Waals surface area contributed by atoms with Gasteiger partial charge in [-0.25, -0.2) is 0 Å². The number of hydrogen-bond acceptors (Lipinski definition) is 1. The van der Waals surface area contributed by atoms with Crippen LogP contribution in [0.3, 0.4) is 0 Å². The summed E-state index contributed by atoms with van der Waals surface area (Å²) in [7, 11) is 1.77. The number of allylic oxidation sites excluding steroid dienone is 1. The van der Waals surface area contributed by atoms with Crippen LogP contribution >= 0.6 is 0 Å². The molecule has 0 unspecified atom stereocenters. The molecule has 3 saturated carbocycles. The Bertz CT molecular complexity index is 293. The number of rotatable bonds is 2. The Hall–Kier alpha value is -0.460. The number of hydrogen-bond donors (Lipinski definition) is 0. The van der Waals surface area contributed by atoms with Crippen molar-refractivity contribution >= 4 is 0 Å². The fourth-order valence-corrected chi connectivity index (χ4v) is 4.59. The van der Waals surface area contributed by atoms with Crippen molar-refractivity contribution in [2.75, 3.05) is 7.11 Å². The van der Waals surface area contributed by atoms with E-state index >= 15 is 0 Å². The molecule has 0 amide bonds. The molecule has 1 nitrogen and oxygen atoms in total. The zero-order valence-electron chi connectivity index (χ0n) is 11.4. The van der Waals surface area contributed by atoms with Crippen LogP contribution in [0.5, 0.6) is 0 Å². The summed E-state index contributed by atoms with van der Waals surface area (Å²) in [5.41, 5.74) is 2.28. The fraction of sp³-hybridized carbons (Fsp3) is 0.875. The summed E-state index contributed by atoms with van der Waals surface area (Å²) in [5, 5.41) is 0. The second-order valence-corrected chi connectivity index (χ2v) is 7.05. The van der Waals surface area contributed by atoms with Gasteiger partial charge in [-0.2, -0.15) is 0 Å². The van der Waals surface area contributed by atoms with Gasteiger partial charge >= 0.3 is 0 Å². The van der Waals surface area contributed by atoms with Crippen LogP contribution in [0.2, 0.25) is 0 Å². The largest absolute Gasteiger partial charge is 0.504 e. The van der Waals surface area contributed by atoms with Crippen molar-refractivity contribution in [1.29, 1.82) is 0 Å². The molecule has 3 rings (SSSR count). The van der Waals surface area contributed by atoms with Crippen molar-refractivity contribution < 1.29 is 4.74 Å². The molecule has 3 fully saturated rings. The van der Waals surface area contributed by atoms with E-state index in [4.69, 9.17) is 4.74 Å². The molecule has 3 aliphatic carbocycles. The second kappa shape index (κ2) is 4.33. The minimum absolute atomic E-state index is 0.734. The summed E-state index contributed by atoms with van der Waals surface area (Å²) in [6, 6.07) is 0. The normalized spacial score (nSPS) is 45.1. The Morgan fingerprint density at radius 2 is 1.71 bits per heavy atom. The molecule has 0 heterocycles. The topological polar surface area (TPSA) is 9.23 Å². The standard InChI is InChI=1S/C16H26O/c1-12-3-5-14(6-4-12)15-9-16(10-15)7-13(8-16)11-17-2/h11-12,14-15H,3-10H2,1-2H3.